The molecule has 1 N–H and O–H groups in total. The maximum atomic E-state index is 13.6. The number of halogens is 4. The Kier molecular flexibility index (Phi) is 3.61. The van der Waals surface area contributed by atoms with E-state index < -0.39 is 23.4 Å². The number of carboxylic acids is 1. The maximum absolute atomic E-state index is 13.6. The summed E-state index contributed by atoms with van der Waals surface area (Å²) < 4.78 is 40.2. The molecule has 0 atom stereocenters. The van der Waals surface area contributed by atoms with Gasteiger partial charge in [-0.2, -0.15) is 0 Å². The zero-order valence-electron chi connectivity index (χ0n) is 9.25. The molecular formula is C13H6BrF3O2. The van der Waals surface area contributed by atoms with Crippen LogP contribution in [0.15, 0.2) is 34.8 Å². The Morgan fingerprint density at radius 3 is 2.21 bits per heavy atom. The minimum atomic E-state index is -1.32. The molecule has 0 unspecified atom stereocenters. The van der Waals surface area contributed by atoms with Gasteiger partial charge in [0.25, 0.3) is 0 Å². The number of rotatable bonds is 2. The third kappa shape index (κ3) is 2.63. The number of carbonyl (C=O) groups is 1. The monoisotopic (exact) mass is 330 g/mol. The molecule has 0 aromatic heterocycles. The van der Waals surface area contributed by atoms with Crippen molar-refractivity contribution < 1.29 is 23.1 Å². The van der Waals surface area contributed by atoms with Gasteiger partial charge in [0.2, 0.25) is 0 Å². The van der Waals surface area contributed by atoms with E-state index in [0.29, 0.717) is 16.6 Å². The highest BCUT2D eigenvalue weighted by atomic mass is 79.9. The minimum absolute atomic E-state index is 0.0212. The van der Waals surface area contributed by atoms with Crippen molar-refractivity contribution in [2.24, 2.45) is 0 Å². The van der Waals surface area contributed by atoms with E-state index in [1.807, 2.05) is 0 Å². The average molecular weight is 331 g/mol. The molecule has 0 spiro atoms. The van der Waals surface area contributed by atoms with Crippen molar-refractivity contribution in [3.63, 3.8) is 0 Å². The largest absolute Gasteiger partial charge is 0.478 e. The minimum Gasteiger partial charge on any atom is -0.478 e. The molecule has 2 aromatic carbocycles. The summed E-state index contributed by atoms with van der Waals surface area (Å²) in [6, 6.07) is 5.10. The van der Waals surface area contributed by atoms with E-state index in [9.17, 15) is 18.0 Å². The third-order valence-corrected chi connectivity index (χ3v) is 3.01. The van der Waals surface area contributed by atoms with E-state index in [0.717, 1.165) is 0 Å². The highest BCUT2D eigenvalue weighted by Crippen LogP contribution is 2.30. The summed E-state index contributed by atoms with van der Waals surface area (Å²) in [5.74, 6) is -4.88. The average Bonchev–Trinajstić information content (AvgIpc) is 2.34. The normalized spacial score (nSPS) is 10.5. The number of hydrogen-bond donors (Lipinski definition) is 1. The lowest BCUT2D eigenvalue weighted by molar-refractivity contribution is 0.0697. The summed E-state index contributed by atoms with van der Waals surface area (Å²) in [5.41, 5.74) is -0.532. The van der Waals surface area contributed by atoms with Crippen molar-refractivity contribution in [1.29, 1.82) is 0 Å². The molecule has 0 radical (unpaired) electrons. The van der Waals surface area contributed by atoms with Crippen LogP contribution in [0.3, 0.4) is 0 Å². The standard InChI is InChI=1S/C13H6BrF3O2/c14-6-1-2-7(9(3-6)13(18)19)8-4-11(16)12(17)5-10(8)15/h1-5H,(H,18,19). The lowest BCUT2D eigenvalue weighted by Crippen LogP contribution is -2.01. The molecule has 2 rings (SSSR count). The Hall–Kier alpha value is -1.82. The van der Waals surface area contributed by atoms with E-state index in [-0.39, 0.29) is 16.7 Å². The van der Waals surface area contributed by atoms with Crippen LogP contribution >= 0.6 is 15.9 Å². The fourth-order valence-electron chi connectivity index (χ4n) is 1.66. The van der Waals surface area contributed by atoms with Gasteiger partial charge in [0.1, 0.15) is 5.82 Å². The van der Waals surface area contributed by atoms with Crippen molar-refractivity contribution in [1.82, 2.24) is 0 Å². The van der Waals surface area contributed by atoms with E-state index in [4.69, 9.17) is 5.11 Å². The number of carboxylic acid groups (broad SMARTS) is 1. The second-order valence-corrected chi connectivity index (χ2v) is 4.66. The van der Waals surface area contributed by atoms with Gasteiger partial charge in [-0.05, 0) is 23.8 Å². The Labute approximate surface area is 114 Å². The molecular weight excluding hydrogens is 325 g/mol. The molecule has 2 aromatic rings. The molecule has 0 saturated heterocycles. The molecule has 0 heterocycles. The fourth-order valence-corrected chi connectivity index (χ4v) is 2.02. The molecule has 0 bridgehead atoms. The van der Waals surface area contributed by atoms with Crippen LogP contribution in [0, 0.1) is 17.5 Å². The van der Waals surface area contributed by atoms with Crippen LogP contribution < -0.4 is 0 Å². The second-order valence-electron chi connectivity index (χ2n) is 3.74. The summed E-state index contributed by atoms with van der Waals surface area (Å²) in [6.45, 7) is 0. The first-order valence-electron chi connectivity index (χ1n) is 5.08. The van der Waals surface area contributed by atoms with Crippen molar-refractivity contribution in [3.05, 3.63) is 57.8 Å². The smallest absolute Gasteiger partial charge is 0.336 e. The van der Waals surface area contributed by atoms with Gasteiger partial charge in [-0.1, -0.05) is 22.0 Å². The van der Waals surface area contributed by atoms with Crippen molar-refractivity contribution in [2.75, 3.05) is 0 Å². The van der Waals surface area contributed by atoms with E-state index in [2.05, 4.69) is 15.9 Å². The maximum Gasteiger partial charge on any atom is 0.336 e. The zero-order chi connectivity index (χ0) is 14.2. The summed E-state index contributed by atoms with van der Waals surface area (Å²) in [4.78, 5) is 11.1. The SMILES string of the molecule is O=C(O)c1cc(Br)ccc1-c1cc(F)c(F)cc1F. The molecule has 0 amide bonds. The zero-order valence-corrected chi connectivity index (χ0v) is 10.8. The predicted octanol–water partition coefficient (Wildman–Crippen LogP) is 4.23. The van der Waals surface area contributed by atoms with Crippen molar-refractivity contribution in [3.8, 4) is 11.1 Å². The van der Waals surface area contributed by atoms with E-state index in [1.54, 1.807) is 0 Å². The van der Waals surface area contributed by atoms with Gasteiger partial charge < -0.3 is 5.11 Å². The molecule has 6 heteroatoms. The first-order valence-corrected chi connectivity index (χ1v) is 5.87. The van der Waals surface area contributed by atoms with Crippen LogP contribution in [0.4, 0.5) is 13.2 Å². The van der Waals surface area contributed by atoms with Gasteiger partial charge in [0.05, 0.1) is 5.56 Å². The quantitative estimate of drug-likeness (QED) is 0.836. The lowest BCUT2D eigenvalue weighted by Gasteiger charge is -2.08. The first-order chi connectivity index (χ1) is 8.90. The van der Waals surface area contributed by atoms with Gasteiger partial charge in [-0.25, -0.2) is 18.0 Å². The topological polar surface area (TPSA) is 37.3 Å². The molecule has 0 fully saturated rings. The Bertz CT molecular complexity index is 671. The van der Waals surface area contributed by atoms with Gasteiger partial charge >= 0.3 is 5.97 Å². The molecule has 19 heavy (non-hydrogen) atoms. The highest BCUT2D eigenvalue weighted by Gasteiger charge is 2.17. The number of benzene rings is 2. The van der Waals surface area contributed by atoms with Crippen LogP contribution in [-0.4, -0.2) is 11.1 Å². The van der Waals surface area contributed by atoms with Gasteiger partial charge in [-0.15, -0.1) is 0 Å². The number of aromatic carboxylic acids is 1. The van der Waals surface area contributed by atoms with Crippen molar-refractivity contribution >= 4 is 21.9 Å². The fraction of sp³-hybridized carbons (Fsp3) is 0. The van der Waals surface area contributed by atoms with Gasteiger partial charge in [-0.3, -0.25) is 0 Å². The molecule has 98 valence electrons. The summed E-state index contributed by atoms with van der Waals surface area (Å²) in [7, 11) is 0. The molecule has 0 aliphatic heterocycles. The lowest BCUT2D eigenvalue weighted by atomic mass is 9.99. The van der Waals surface area contributed by atoms with E-state index >= 15 is 0 Å². The second kappa shape index (κ2) is 5.05. The molecule has 0 aliphatic carbocycles. The predicted molar refractivity (Wildman–Crippen MR) is 66.4 cm³/mol. The van der Waals surface area contributed by atoms with Crippen LogP contribution in [-0.2, 0) is 0 Å². The Morgan fingerprint density at radius 2 is 1.58 bits per heavy atom. The highest BCUT2D eigenvalue weighted by molar-refractivity contribution is 9.10. The molecule has 0 saturated carbocycles. The first kappa shape index (κ1) is 13.6. The Morgan fingerprint density at radius 1 is 0.947 bits per heavy atom. The van der Waals surface area contributed by atoms with E-state index in [1.165, 1.54) is 18.2 Å². The van der Waals surface area contributed by atoms with Crippen LogP contribution in [0.1, 0.15) is 10.4 Å². The molecule has 2 nitrogen and oxygen atoms in total. The molecule has 0 aliphatic rings. The number of hydrogen-bond acceptors (Lipinski definition) is 1. The Balaban J connectivity index is 2.72. The summed E-state index contributed by atoms with van der Waals surface area (Å²) >= 11 is 3.09. The van der Waals surface area contributed by atoms with Crippen LogP contribution in [0.25, 0.3) is 11.1 Å². The van der Waals surface area contributed by atoms with Crippen LogP contribution in [0.2, 0.25) is 0 Å². The van der Waals surface area contributed by atoms with Gasteiger partial charge in [0, 0.05) is 16.1 Å². The summed E-state index contributed by atoms with van der Waals surface area (Å²) in [5, 5.41) is 9.06. The third-order valence-electron chi connectivity index (χ3n) is 2.51. The summed E-state index contributed by atoms with van der Waals surface area (Å²) in [6.07, 6.45) is 0. The van der Waals surface area contributed by atoms with Gasteiger partial charge in [0.15, 0.2) is 11.6 Å². The van der Waals surface area contributed by atoms with Crippen LogP contribution in [0.5, 0.6) is 0 Å². The van der Waals surface area contributed by atoms with Crippen molar-refractivity contribution in [2.45, 2.75) is 0 Å².